The predicted molar refractivity (Wildman–Crippen MR) is 92.0 cm³/mol. The summed E-state index contributed by atoms with van der Waals surface area (Å²) in [7, 11) is 1.60. The Morgan fingerprint density at radius 3 is 2.21 bits per heavy atom. The number of benzene rings is 2. The van der Waals surface area contributed by atoms with E-state index < -0.39 is 5.97 Å². The molecule has 0 aliphatic heterocycles. The first-order valence-electron chi connectivity index (χ1n) is 7.55. The Hall–Kier alpha value is -3.08. The van der Waals surface area contributed by atoms with Crippen LogP contribution in [-0.2, 0) is 0 Å². The normalized spacial score (nSPS) is 10.6. The molecule has 1 N–H and O–H groups in total. The fraction of sp³-hybridized carbons (Fsp3) is 0.158. The van der Waals surface area contributed by atoms with Gasteiger partial charge in [-0.1, -0.05) is 29.8 Å². The number of carbonyl (C=O) groups is 1. The molecule has 122 valence electrons. The molecule has 2 aromatic carbocycles. The van der Waals surface area contributed by atoms with Crippen LogP contribution in [-0.4, -0.2) is 28.0 Å². The van der Waals surface area contributed by atoms with Crippen molar-refractivity contribution in [3.8, 4) is 22.7 Å². The first kappa shape index (κ1) is 15.8. The Morgan fingerprint density at radius 1 is 1.04 bits per heavy atom. The fourth-order valence-corrected chi connectivity index (χ4v) is 2.67. The van der Waals surface area contributed by atoms with Crippen LogP contribution >= 0.6 is 0 Å². The summed E-state index contributed by atoms with van der Waals surface area (Å²) >= 11 is 0. The average molecular weight is 322 g/mol. The van der Waals surface area contributed by atoms with Crippen LogP contribution in [0.5, 0.6) is 5.75 Å². The molecule has 24 heavy (non-hydrogen) atoms. The lowest BCUT2D eigenvalue weighted by atomic mass is 10.0. The SMILES string of the molecule is COc1ccc(-n2nc(C)c(C(=O)O)c2-c2ccc(C)cc2)cc1. The highest BCUT2D eigenvalue weighted by Crippen LogP contribution is 2.30. The van der Waals surface area contributed by atoms with Crippen LogP contribution in [0.2, 0.25) is 0 Å². The molecule has 0 radical (unpaired) electrons. The number of methoxy groups -OCH3 is 1. The Balaban J connectivity index is 2.23. The van der Waals surface area contributed by atoms with Gasteiger partial charge in [0.05, 0.1) is 24.2 Å². The van der Waals surface area contributed by atoms with E-state index in [0.717, 1.165) is 22.6 Å². The number of hydrogen-bond acceptors (Lipinski definition) is 3. The van der Waals surface area contributed by atoms with Crippen molar-refractivity contribution in [1.82, 2.24) is 9.78 Å². The van der Waals surface area contributed by atoms with E-state index in [0.29, 0.717) is 11.4 Å². The standard InChI is InChI=1S/C19H18N2O3/c1-12-4-6-14(7-5-12)18-17(19(22)23)13(2)20-21(18)15-8-10-16(24-3)11-9-15/h4-11H,1-3H3,(H,22,23). The van der Waals surface area contributed by atoms with Crippen LogP contribution in [0.4, 0.5) is 0 Å². The third-order valence-electron chi connectivity index (χ3n) is 3.92. The highest BCUT2D eigenvalue weighted by atomic mass is 16.5. The number of aromatic nitrogens is 2. The first-order valence-corrected chi connectivity index (χ1v) is 7.55. The molecule has 0 amide bonds. The van der Waals surface area contributed by atoms with E-state index in [1.807, 2.05) is 55.5 Å². The van der Waals surface area contributed by atoms with Crippen molar-refractivity contribution in [1.29, 1.82) is 0 Å². The molecule has 3 rings (SSSR count). The van der Waals surface area contributed by atoms with Gasteiger partial charge in [-0.2, -0.15) is 5.10 Å². The highest BCUT2D eigenvalue weighted by Gasteiger charge is 2.23. The van der Waals surface area contributed by atoms with E-state index in [-0.39, 0.29) is 5.56 Å². The van der Waals surface area contributed by atoms with Crippen LogP contribution in [0.15, 0.2) is 48.5 Å². The van der Waals surface area contributed by atoms with Gasteiger partial charge in [0, 0.05) is 5.56 Å². The second-order valence-electron chi connectivity index (χ2n) is 5.59. The Bertz CT molecular complexity index is 878. The average Bonchev–Trinajstić information content (AvgIpc) is 2.93. The van der Waals surface area contributed by atoms with Gasteiger partial charge in [0.1, 0.15) is 11.3 Å². The molecular weight excluding hydrogens is 304 g/mol. The van der Waals surface area contributed by atoms with Crippen LogP contribution in [0.25, 0.3) is 16.9 Å². The van der Waals surface area contributed by atoms with Crippen molar-refractivity contribution in [3.63, 3.8) is 0 Å². The summed E-state index contributed by atoms with van der Waals surface area (Å²) in [6.07, 6.45) is 0. The maximum Gasteiger partial charge on any atom is 0.339 e. The minimum atomic E-state index is -0.983. The van der Waals surface area contributed by atoms with Gasteiger partial charge < -0.3 is 9.84 Å². The number of carboxylic acids is 1. The molecule has 0 aliphatic rings. The van der Waals surface area contributed by atoms with E-state index in [2.05, 4.69) is 5.10 Å². The monoisotopic (exact) mass is 322 g/mol. The molecule has 1 aromatic heterocycles. The third-order valence-corrected chi connectivity index (χ3v) is 3.92. The Kier molecular flexibility index (Phi) is 4.08. The summed E-state index contributed by atoms with van der Waals surface area (Å²) in [5.74, 6) is -0.249. The van der Waals surface area contributed by atoms with Crippen LogP contribution in [0.1, 0.15) is 21.6 Å². The summed E-state index contributed by atoms with van der Waals surface area (Å²) in [6.45, 7) is 3.70. The topological polar surface area (TPSA) is 64.4 Å². The van der Waals surface area contributed by atoms with E-state index in [1.54, 1.807) is 18.7 Å². The van der Waals surface area contributed by atoms with Gasteiger partial charge in [-0.3, -0.25) is 0 Å². The maximum atomic E-state index is 11.8. The van der Waals surface area contributed by atoms with Crippen molar-refractivity contribution in [2.24, 2.45) is 0 Å². The minimum absolute atomic E-state index is 0.217. The van der Waals surface area contributed by atoms with Gasteiger partial charge in [-0.15, -0.1) is 0 Å². The highest BCUT2D eigenvalue weighted by molar-refractivity contribution is 5.96. The van der Waals surface area contributed by atoms with E-state index in [4.69, 9.17) is 4.74 Å². The summed E-state index contributed by atoms with van der Waals surface area (Å²) in [5, 5.41) is 14.1. The molecule has 1 heterocycles. The molecule has 0 bridgehead atoms. The first-order chi connectivity index (χ1) is 11.5. The van der Waals surface area contributed by atoms with Crippen molar-refractivity contribution < 1.29 is 14.6 Å². The molecule has 0 aliphatic carbocycles. The molecule has 5 nitrogen and oxygen atoms in total. The van der Waals surface area contributed by atoms with Gasteiger partial charge in [0.15, 0.2) is 0 Å². The smallest absolute Gasteiger partial charge is 0.339 e. The molecule has 3 aromatic rings. The molecule has 0 saturated heterocycles. The Labute approximate surface area is 140 Å². The molecule has 0 fully saturated rings. The number of aryl methyl sites for hydroxylation is 2. The molecule has 0 spiro atoms. The van der Waals surface area contributed by atoms with Gasteiger partial charge in [-0.05, 0) is 38.1 Å². The lowest BCUT2D eigenvalue weighted by Gasteiger charge is -2.10. The molecule has 5 heteroatoms. The van der Waals surface area contributed by atoms with Crippen molar-refractivity contribution in [2.75, 3.05) is 7.11 Å². The van der Waals surface area contributed by atoms with E-state index in [1.165, 1.54) is 0 Å². The number of rotatable bonds is 4. The van der Waals surface area contributed by atoms with E-state index >= 15 is 0 Å². The van der Waals surface area contributed by atoms with Gasteiger partial charge in [-0.25, -0.2) is 9.48 Å². The minimum Gasteiger partial charge on any atom is -0.497 e. The zero-order chi connectivity index (χ0) is 17.3. The van der Waals surface area contributed by atoms with Crippen molar-refractivity contribution in [3.05, 3.63) is 65.4 Å². The fourth-order valence-electron chi connectivity index (χ4n) is 2.67. The van der Waals surface area contributed by atoms with Crippen molar-refractivity contribution >= 4 is 5.97 Å². The number of carboxylic acid groups (broad SMARTS) is 1. The second-order valence-corrected chi connectivity index (χ2v) is 5.59. The van der Waals surface area contributed by atoms with Crippen LogP contribution in [0, 0.1) is 13.8 Å². The second kappa shape index (κ2) is 6.20. The van der Waals surface area contributed by atoms with Gasteiger partial charge in [0.2, 0.25) is 0 Å². The number of nitrogens with zero attached hydrogens (tertiary/aromatic N) is 2. The third kappa shape index (κ3) is 2.76. The quantitative estimate of drug-likeness (QED) is 0.792. The Morgan fingerprint density at radius 2 is 1.67 bits per heavy atom. The molecule has 0 atom stereocenters. The lowest BCUT2D eigenvalue weighted by molar-refractivity contribution is 0.0697. The summed E-state index contributed by atoms with van der Waals surface area (Å²) in [4.78, 5) is 11.8. The molecule has 0 unspecified atom stereocenters. The predicted octanol–water partition coefficient (Wildman–Crippen LogP) is 3.86. The summed E-state index contributed by atoms with van der Waals surface area (Å²) in [6, 6.07) is 15.1. The van der Waals surface area contributed by atoms with E-state index in [9.17, 15) is 9.90 Å². The largest absolute Gasteiger partial charge is 0.497 e. The summed E-state index contributed by atoms with van der Waals surface area (Å²) < 4.78 is 6.85. The number of aromatic carboxylic acids is 1. The molecule has 0 saturated carbocycles. The van der Waals surface area contributed by atoms with Crippen LogP contribution < -0.4 is 4.74 Å². The summed E-state index contributed by atoms with van der Waals surface area (Å²) in [5.41, 5.74) is 3.98. The van der Waals surface area contributed by atoms with Crippen LogP contribution in [0.3, 0.4) is 0 Å². The van der Waals surface area contributed by atoms with Gasteiger partial charge >= 0.3 is 5.97 Å². The zero-order valence-electron chi connectivity index (χ0n) is 13.8. The molecular formula is C19H18N2O3. The van der Waals surface area contributed by atoms with Crippen molar-refractivity contribution in [2.45, 2.75) is 13.8 Å². The lowest BCUT2D eigenvalue weighted by Crippen LogP contribution is -2.03. The zero-order valence-corrected chi connectivity index (χ0v) is 13.8. The maximum absolute atomic E-state index is 11.8. The van der Waals surface area contributed by atoms with Gasteiger partial charge in [0.25, 0.3) is 0 Å². The number of ether oxygens (including phenoxy) is 1. The number of hydrogen-bond donors (Lipinski definition) is 1.